The van der Waals surface area contributed by atoms with Crippen LogP contribution < -0.4 is 5.32 Å². The molecule has 1 aromatic heterocycles. The number of aryl methyl sites for hydroxylation is 1. The molecule has 0 aliphatic rings. The van der Waals surface area contributed by atoms with E-state index in [0.717, 1.165) is 0 Å². The van der Waals surface area contributed by atoms with Gasteiger partial charge in [0.25, 0.3) is 5.91 Å². The molecule has 1 amide bonds. The molecule has 108 valence electrons. The van der Waals surface area contributed by atoms with Gasteiger partial charge in [-0.3, -0.25) is 4.79 Å². The number of amides is 1. The summed E-state index contributed by atoms with van der Waals surface area (Å²) in [5, 5.41) is 2.91. The fourth-order valence-corrected chi connectivity index (χ4v) is 1.80. The topological polar surface area (TPSA) is 81.2 Å². The van der Waals surface area contributed by atoms with Crippen LogP contribution in [0.1, 0.15) is 26.5 Å². The van der Waals surface area contributed by atoms with Crippen molar-refractivity contribution in [3.8, 4) is 0 Å². The molecule has 0 fully saturated rings. The molecule has 2 rings (SSSR count). The molecule has 0 unspecified atom stereocenters. The number of ether oxygens (including phenoxy) is 1. The highest BCUT2D eigenvalue weighted by Gasteiger charge is 2.13. The van der Waals surface area contributed by atoms with Gasteiger partial charge in [-0.25, -0.2) is 14.8 Å². The van der Waals surface area contributed by atoms with Crippen molar-refractivity contribution in [3.63, 3.8) is 0 Å². The number of benzene rings is 1. The second-order valence-electron chi connectivity index (χ2n) is 4.18. The lowest BCUT2D eigenvalue weighted by Gasteiger charge is -2.08. The Morgan fingerprint density at radius 1 is 1.24 bits per heavy atom. The average Bonchev–Trinajstić information content (AvgIpc) is 2.48. The first-order valence-electron chi connectivity index (χ1n) is 5.99. The maximum Gasteiger partial charge on any atom is 0.337 e. The first kappa shape index (κ1) is 14.9. The molecular formula is C14H12ClN3O3. The van der Waals surface area contributed by atoms with Crippen LogP contribution in [-0.2, 0) is 4.74 Å². The van der Waals surface area contributed by atoms with Gasteiger partial charge in [0.2, 0.25) is 0 Å². The van der Waals surface area contributed by atoms with Gasteiger partial charge in [-0.2, -0.15) is 0 Å². The van der Waals surface area contributed by atoms with Gasteiger partial charge in [-0.15, -0.1) is 0 Å². The molecule has 0 saturated heterocycles. The molecular weight excluding hydrogens is 294 g/mol. The van der Waals surface area contributed by atoms with E-state index in [0.29, 0.717) is 16.4 Å². The maximum absolute atomic E-state index is 12.1. The Morgan fingerprint density at radius 3 is 2.67 bits per heavy atom. The largest absolute Gasteiger partial charge is 0.465 e. The molecule has 0 aliphatic carbocycles. The molecule has 6 nitrogen and oxygen atoms in total. The SMILES string of the molecule is COC(=O)c1ccc(Cl)c(NC(=O)c2cc(C)ncn2)c1. The number of carbonyl (C=O) groups excluding carboxylic acids is 2. The summed E-state index contributed by atoms with van der Waals surface area (Å²) in [7, 11) is 1.28. The Balaban J connectivity index is 2.26. The van der Waals surface area contributed by atoms with Crippen LogP contribution in [0.5, 0.6) is 0 Å². The first-order chi connectivity index (χ1) is 10.0. The van der Waals surface area contributed by atoms with E-state index in [-0.39, 0.29) is 11.3 Å². The molecule has 7 heteroatoms. The minimum atomic E-state index is -0.514. The standard InChI is InChI=1S/C14H12ClN3O3/c1-8-5-12(17-7-16-8)13(19)18-11-6-9(14(20)21-2)3-4-10(11)15/h3-7H,1-2H3,(H,18,19). The van der Waals surface area contributed by atoms with E-state index >= 15 is 0 Å². The van der Waals surface area contributed by atoms with Crippen LogP contribution in [0, 0.1) is 6.92 Å². The number of methoxy groups -OCH3 is 1. The van der Waals surface area contributed by atoms with Crippen molar-refractivity contribution in [2.75, 3.05) is 12.4 Å². The molecule has 1 N–H and O–H groups in total. The van der Waals surface area contributed by atoms with Crippen molar-refractivity contribution < 1.29 is 14.3 Å². The normalized spacial score (nSPS) is 10.0. The highest BCUT2D eigenvalue weighted by Crippen LogP contribution is 2.24. The molecule has 0 radical (unpaired) electrons. The molecule has 0 atom stereocenters. The fraction of sp³-hybridized carbons (Fsp3) is 0.143. The van der Waals surface area contributed by atoms with Crippen LogP contribution in [0.2, 0.25) is 5.02 Å². The molecule has 1 aromatic carbocycles. The van der Waals surface area contributed by atoms with Crippen LogP contribution in [0.4, 0.5) is 5.69 Å². The lowest BCUT2D eigenvalue weighted by Crippen LogP contribution is -2.15. The fourth-order valence-electron chi connectivity index (χ4n) is 1.63. The van der Waals surface area contributed by atoms with Crippen LogP contribution in [0.15, 0.2) is 30.6 Å². The summed E-state index contributed by atoms with van der Waals surface area (Å²) in [5.41, 5.74) is 1.48. The van der Waals surface area contributed by atoms with Gasteiger partial charge in [0.05, 0.1) is 23.4 Å². The Kier molecular flexibility index (Phi) is 4.49. The van der Waals surface area contributed by atoms with Crippen LogP contribution in [0.25, 0.3) is 0 Å². The molecule has 0 saturated carbocycles. The van der Waals surface area contributed by atoms with Gasteiger partial charge in [0.15, 0.2) is 0 Å². The smallest absolute Gasteiger partial charge is 0.337 e. The number of carbonyl (C=O) groups is 2. The summed E-state index contributed by atoms with van der Waals surface area (Å²) in [5.74, 6) is -0.954. The zero-order valence-corrected chi connectivity index (χ0v) is 12.1. The zero-order chi connectivity index (χ0) is 15.4. The summed E-state index contributed by atoms with van der Waals surface area (Å²) < 4.78 is 4.62. The van der Waals surface area contributed by atoms with Gasteiger partial charge in [0, 0.05) is 5.69 Å². The second kappa shape index (κ2) is 6.32. The van der Waals surface area contributed by atoms with E-state index in [4.69, 9.17) is 11.6 Å². The second-order valence-corrected chi connectivity index (χ2v) is 4.59. The number of nitrogens with one attached hydrogen (secondary N) is 1. The Morgan fingerprint density at radius 2 is 2.00 bits per heavy atom. The van der Waals surface area contributed by atoms with Gasteiger partial charge >= 0.3 is 5.97 Å². The summed E-state index contributed by atoms with van der Waals surface area (Å²) in [6, 6.07) is 6.01. The van der Waals surface area contributed by atoms with E-state index in [1.807, 2.05) is 0 Å². The van der Waals surface area contributed by atoms with Gasteiger partial charge in [-0.1, -0.05) is 11.6 Å². The third-order valence-corrected chi connectivity index (χ3v) is 3.00. The first-order valence-corrected chi connectivity index (χ1v) is 6.37. The van der Waals surface area contributed by atoms with E-state index in [1.54, 1.807) is 13.0 Å². The minimum Gasteiger partial charge on any atom is -0.465 e. The summed E-state index contributed by atoms with van der Waals surface area (Å²) in [6.07, 6.45) is 1.30. The Labute approximate surface area is 126 Å². The van der Waals surface area contributed by atoms with Crippen LogP contribution >= 0.6 is 11.6 Å². The van der Waals surface area contributed by atoms with Crippen molar-refractivity contribution in [2.24, 2.45) is 0 Å². The predicted molar refractivity (Wildman–Crippen MR) is 77.5 cm³/mol. The molecule has 0 aliphatic heterocycles. The monoisotopic (exact) mass is 305 g/mol. The van der Waals surface area contributed by atoms with Gasteiger partial charge < -0.3 is 10.1 Å². The summed E-state index contributed by atoms with van der Waals surface area (Å²) >= 11 is 6.01. The van der Waals surface area contributed by atoms with E-state index in [9.17, 15) is 9.59 Å². The molecule has 2 aromatic rings. The highest BCUT2D eigenvalue weighted by molar-refractivity contribution is 6.34. The van der Waals surface area contributed by atoms with Crippen LogP contribution in [-0.4, -0.2) is 29.0 Å². The van der Waals surface area contributed by atoms with E-state index in [2.05, 4.69) is 20.0 Å². The number of esters is 1. The molecule has 0 spiro atoms. The molecule has 1 heterocycles. The third kappa shape index (κ3) is 3.55. The quantitative estimate of drug-likeness (QED) is 0.881. The number of anilines is 1. The predicted octanol–water partition coefficient (Wildman–Crippen LogP) is 2.48. The number of halogens is 1. The van der Waals surface area contributed by atoms with Crippen molar-refractivity contribution in [2.45, 2.75) is 6.92 Å². The number of aromatic nitrogens is 2. The third-order valence-electron chi connectivity index (χ3n) is 2.67. The van der Waals surface area contributed by atoms with Gasteiger partial charge in [0.1, 0.15) is 12.0 Å². The van der Waals surface area contributed by atoms with Crippen molar-refractivity contribution in [3.05, 3.63) is 52.6 Å². The molecule has 0 bridgehead atoms. The van der Waals surface area contributed by atoms with E-state index < -0.39 is 11.9 Å². The number of hydrogen-bond acceptors (Lipinski definition) is 5. The maximum atomic E-state index is 12.1. The molecule has 21 heavy (non-hydrogen) atoms. The average molecular weight is 306 g/mol. The highest BCUT2D eigenvalue weighted by atomic mass is 35.5. The minimum absolute atomic E-state index is 0.210. The lowest BCUT2D eigenvalue weighted by atomic mass is 10.2. The lowest BCUT2D eigenvalue weighted by molar-refractivity contribution is 0.0600. The zero-order valence-electron chi connectivity index (χ0n) is 11.4. The number of rotatable bonds is 3. The van der Waals surface area contributed by atoms with Gasteiger partial charge in [-0.05, 0) is 31.2 Å². The van der Waals surface area contributed by atoms with E-state index in [1.165, 1.54) is 31.6 Å². The Bertz CT molecular complexity index is 704. The summed E-state index contributed by atoms with van der Waals surface area (Å²) in [4.78, 5) is 31.4. The van der Waals surface area contributed by atoms with Crippen LogP contribution in [0.3, 0.4) is 0 Å². The van der Waals surface area contributed by atoms with Crippen molar-refractivity contribution >= 4 is 29.2 Å². The van der Waals surface area contributed by atoms with Crippen molar-refractivity contribution in [1.29, 1.82) is 0 Å². The number of nitrogens with zero attached hydrogens (tertiary/aromatic N) is 2. The van der Waals surface area contributed by atoms with Crippen molar-refractivity contribution in [1.82, 2.24) is 9.97 Å². The number of hydrogen-bond donors (Lipinski definition) is 1. The summed E-state index contributed by atoms with van der Waals surface area (Å²) in [6.45, 7) is 1.75. The Hall–Kier alpha value is -2.47.